The molecular formula is C23H27FN2O5S2. The van der Waals surface area contributed by atoms with Gasteiger partial charge in [-0.25, -0.2) is 12.8 Å². The lowest BCUT2D eigenvalue weighted by Crippen LogP contribution is -2.61. The van der Waals surface area contributed by atoms with Crippen LogP contribution in [0.5, 0.6) is 0 Å². The van der Waals surface area contributed by atoms with E-state index in [9.17, 15) is 25.8 Å². The first-order valence-electron chi connectivity index (χ1n) is 11.1. The number of hydrogen-bond donors (Lipinski definition) is 1. The van der Waals surface area contributed by atoms with E-state index in [1.54, 1.807) is 12.1 Å². The molecule has 6 rings (SSSR count). The summed E-state index contributed by atoms with van der Waals surface area (Å²) in [5.41, 5.74) is 1.89. The van der Waals surface area contributed by atoms with E-state index in [-0.39, 0.29) is 18.8 Å². The number of piperidine rings is 3. The molecule has 1 unspecified atom stereocenters. The van der Waals surface area contributed by atoms with Crippen LogP contribution in [0.2, 0.25) is 0 Å². The van der Waals surface area contributed by atoms with Crippen molar-refractivity contribution in [3.8, 4) is 0 Å². The summed E-state index contributed by atoms with van der Waals surface area (Å²) in [6.07, 6.45) is 1.82. The third-order valence-electron chi connectivity index (χ3n) is 7.46. The Morgan fingerprint density at radius 3 is 2.30 bits per heavy atom. The Labute approximate surface area is 194 Å². The van der Waals surface area contributed by atoms with Crippen LogP contribution in [-0.4, -0.2) is 61.4 Å². The normalized spacial score (nSPS) is 30.2. The maximum atomic E-state index is 14.1. The van der Waals surface area contributed by atoms with Crippen molar-refractivity contribution in [2.45, 2.75) is 37.1 Å². The largest absolute Gasteiger partial charge is 0.286 e. The van der Waals surface area contributed by atoms with Gasteiger partial charge in [-0.1, -0.05) is 36.4 Å². The van der Waals surface area contributed by atoms with Gasteiger partial charge in [-0.05, 0) is 73.0 Å². The molecule has 0 spiro atoms. The molecule has 0 aliphatic carbocycles. The summed E-state index contributed by atoms with van der Waals surface area (Å²) >= 11 is 0. The molecule has 33 heavy (non-hydrogen) atoms. The molecule has 4 aliphatic heterocycles. The van der Waals surface area contributed by atoms with Gasteiger partial charge in [0.25, 0.3) is 10.1 Å². The summed E-state index contributed by atoms with van der Waals surface area (Å²) in [4.78, 5) is 1.92. The van der Waals surface area contributed by atoms with Gasteiger partial charge in [0.05, 0.1) is 11.8 Å². The third kappa shape index (κ3) is 4.23. The van der Waals surface area contributed by atoms with Crippen molar-refractivity contribution in [2.75, 3.05) is 25.4 Å². The fraction of sp³-hybridized carbons (Fsp3) is 0.478. The molecular weight excluding hydrogens is 467 g/mol. The van der Waals surface area contributed by atoms with Crippen molar-refractivity contribution in [1.82, 2.24) is 9.21 Å². The van der Waals surface area contributed by atoms with Crippen LogP contribution in [0.25, 0.3) is 0 Å². The van der Waals surface area contributed by atoms with Crippen molar-refractivity contribution >= 4 is 20.1 Å². The van der Waals surface area contributed by atoms with E-state index in [0.29, 0.717) is 37.9 Å². The Balaban J connectivity index is 1.55. The maximum Gasteiger partial charge on any atom is 0.265 e. The summed E-state index contributed by atoms with van der Waals surface area (Å²) in [6, 6.07) is 13.0. The molecule has 2 bridgehead atoms. The molecule has 2 aromatic carbocycles. The number of hydrogen-bond acceptors (Lipinski definition) is 5. The standard InChI is InChI=1S/C23H27FN2O5S2/c24-19-7-5-18(6-8-19)22-20-4-2-1-3-17(20)9-12-26(22)33(30,31)21-15-23(16-32(27,28)29)10-13-25(21)14-11-23/h1-8,21-22H,9-16H2,(H,27,28,29)/t21?,22-/m0/s1. The zero-order valence-corrected chi connectivity index (χ0v) is 19.7. The number of nitrogens with zero attached hydrogens (tertiary/aromatic N) is 2. The predicted molar refractivity (Wildman–Crippen MR) is 122 cm³/mol. The first-order valence-corrected chi connectivity index (χ1v) is 14.2. The van der Waals surface area contributed by atoms with Gasteiger partial charge in [0.1, 0.15) is 11.2 Å². The zero-order chi connectivity index (χ0) is 23.4. The van der Waals surface area contributed by atoms with Crippen LogP contribution in [0.15, 0.2) is 48.5 Å². The SMILES string of the molecule is O=S(=O)(O)CC12CCN(CC1)C(S(=O)(=O)N1CCc3ccccc3[C@@H]1c1ccc(F)cc1)C2. The molecule has 1 N–H and O–H groups in total. The highest BCUT2D eigenvalue weighted by Crippen LogP contribution is 2.48. The first kappa shape index (κ1) is 22.9. The summed E-state index contributed by atoms with van der Waals surface area (Å²) in [7, 11) is -8.09. The molecule has 0 aromatic heterocycles. The molecule has 7 nitrogen and oxygen atoms in total. The molecule has 0 saturated carbocycles. The summed E-state index contributed by atoms with van der Waals surface area (Å²) in [6.45, 7) is 1.24. The van der Waals surface area contributed by atoms with Crippen LogP contribution in [0, 0.1) is 11.2 Å². The van der Waals surface area contributed by atoms with Crippen LogP contribution in [-0.2, 0) is 26.6 Å². The number of benzene rings is 2. The lowest BCUT2D eigenvalue weighted by molar-refractivity contribution is 0.0208. The van der Waals surface area contributed by atoms with Gasteiger partial charge in [-0.3, -0.25) is 9.45 Å². The van der Waals surface area contributed by atoms with Crippen molar-refractivity contribution in [3.05, 3.63) is 71.0 Å². The second-order valence-corrected chi connectivity index (χ2v) is 13.0. The van der Waals surface area contributed by atoms with E-state index in [1.165, 1.54) is 16.4 Å². The van der Waals surface area contributed by atoms with Crippen LogP contribution >= 0.6 is 0 Å². The van der Waals surface area contributed by atoms with Crippen LogP contribution in [0.1, 0.15) is 42.0 Å². The predicted octanol–water partition coefficient (Wildman–Crippen LogP) is 2.80. The Hall–Kier alpha value is -1.85. The second-order valence-electron chi connectivity index (χ2n) is 9.48. The molecule has 4 heterocycles. The van der Waals surface area contributed by atoms with Gasteiger partial charge in [0.15, 0.2) is 0 Å². The minimum atomic E-state index is -4.22. The molecule has 4 aliphatic rings. The van der Waals surface area contributed by atoms with E-state index in [1.807, 2.05) is 29.2 Å². The van der Waals surface area contributed by atoms with E-state index >= 15 is 0 Å². The van der Waals surface area contributed by atoms with E-state index in [2.05, 4.69) is 0 Å². The lowest BCUT2D eigenvalue weighted by atomic mass is 9.73. The topological polar surface area (TPSA) is 95.0 Å². The molecule has 2 aromatic rings. The van der Waals surface area contributed by atoms with Crippen molar-refractivity contribution in [2.24, 2.45) is 5.41 Å². The van der Waals surface area contributed by atoms with Crippen LogP contribution in [0.4, 0.5) is 4.39 Å². The number of sulfonamides is 1. The highest BCUT2D eigenvalue weighted by molar-refractivity contribution is 7.89. The average molecular weight is 495 g/mol. The number of fused-ring (bicyclic) bond motifs is 4. The van der Waals surface area contributed by atoms with Crippen LogP contribution < -0.4 is 0 Å². The monoisotopic (exact) mass is 494 g/mol. The second kappa shape index (κ2) is 8.13. The smallest absolute Gasteiger partial charge is 0.265 e. The van der Waals surface area contributed by atoms with Gasteiger partial charge in [0.2, 0.25) is 10.0 Å². The first-order chi connectivity index (χ1) is 15.6. The Morgan fingerprint density at radius 2 is 1.64 bits per heavy atom. The minimum Gasteiger partial charge on any atom is -0.286 e. The molecule has 0 amide bonds. The summed E-state index contributed by atoms with van der Waals surface area (Å²) in [5, 5.41) is -0.852. The minimum absolute atomic E-state index is 0.170. The number of halogens is 1. The van der Waals surface area contributed by atoms with Crippen molar-refractivity contribution in [1.29, 1.82) is 0 Å². The Morgan fingerprint density at radius 1 is 0.970 bits per heavy atom. The highest BCUT2D eigenvalue weighted by Gasteiger charge is 2.53. The fourth-order valence-corrected chi connectivity index (χ4v) is 9.36. The van der Waals surface area contributed by atoms with Crippen LogP contribution in [0.3, 0.4) is 0 Å². The quantitative estimate of drug-likeness (QED) is 0.643. The number of rotatable bonds is 5. The summed E-state index contributed by atoms with van der Waals surface area (Å²) in [5.74, 6) is -0.801. The molecule has 2 atom stereocenters. The van der Waals surface area contributed by atoms with Crippen molar-refractivity contribution < 1.29 is 25.8 Å². The van der Waals surface area contributed by atoms with E-state index < -0.39 is 42.7 Å². The Bertz CT molecular complexity index is 1260. The zero-order valence-electron chi connectivity index (χ0n) is 18.1. The summed E-state index contributed by atoms with van der Waals surface area (Å²) < 4.78 is 76.2. The third-order valence-corrected chi connectivity index (χ3v) is 10.6. The molecule has 178 valence electrons. The molecule has 0 radical (unpaired) electrons. The maximum absolute atomic E-state index is 14.1. The van der Waals surface area contributed by atoms with Gasteiger partial charge in [0, 0.05) is 6.54 Å². The highest BCUT2D eigenvalue weighted by atomic mass is 32.2. The van der Waals surface area contributed by atoms with Gasteiger partial charge >= 0.3 is 0 Å². The van der Waals surface area contributed by atoms with Gasteiger partial charge in [-0.2, -0.15) is 12.7 Å². The molecule has 10 heteroatoms. The lowest BCUT2D eigenvalue weighted by Gasteiger charge is -2.53. The molecule has 3 saturated heterocycles. The van der Waals surface area contributed by atoms with Crippen molar-refractivity contribution in [3.63, 3.8) is 0 Å². The fourth-order valence-electron chi connectivity index (χ4n) is 5.84. The van der Waals surface area contributed by atoms with E-state index in [0.717, 1.165) is 11.1 Å². The van der Waals surface area contributed by atoms with Gasteiger partial charge in [-0.15, -0.1) is 0 Å². The average Bonchev–Trinajstić information content (AvgIpc) is 2.78. The van der Waals surface area contributed by atoms with E-state index in [4.69, 9.17) is 0 Å². The van der Waals surface area contributed by atoms with Gasteiger partial charge < -0.3 is 0 Å². The Kier molecular flexibility index (Phi) is 5.64. The molecule has 3 fully saturated rings.